The van der Waals surface area contributed by atoms with Crippen LogP contribution in [0.2, 0.25) is 0 Å². The molecule has 0 aliphatic carbocycles. The largest absolute Gasteiger partial charge is 0.479 e. The lowest BCUT2D eigenvalue weighted by Gasteiger charge is -2.17. The van der Waals surface area contributed by atoms with Crippen molar-refractivity contribution < 1.29 is 14.7 Å². The van der Waals surface area contributed by atoms with Gasteiger partial charge in [-0.05, 0) is 24.9 Å². The first kappa shape index (κ1) is 12.6. The van der Waals surface area contributed by atoms with Crippen molar-refractivity contribution in [3.05, 3.63) is 35.9 Å². The Hall–Kier alpha value is -1.88. The lowest BCUT2D eigenvalue weighted by Crippen LogP contribution is -2.44. The molecule has 2 rings (SSSR count). The first-order valence-corrected chi connectivity index (χ1v) is 6.00. The summed E-state index contributed by atoms with van der Waals surface area (Å²) in [6.07, 6.45) is 1.70. The van der Waals surface area contributed by atoms with Gasteiger partial charge in [-0.3, -0.25) is 4.79 Å². The highest BCUT2D eigenvalue weighted by atomic mass is 16.4. The number of carbonyl (C=O) groups is 2. The molecule has 1 amide bonds. The number of rotatable bonds is 4. The number of carboxylic acids is 1. The van der Waals surface area contributed by atoms with E-state index in [0.717, 1.165) is 19.4 Å². The summed E-state index contributed by atoms with van der Waals surface area (Å²) in [4.78, 5) is 23.1. The van der Waals surface area contributed by atoms with Gasteiger partial charge in [0.1, 0.15) is 0 Å². The van der Waals surface area contributed by atoms with Crippen LogP contribution in [0.4, 0.5) is 0 Å². The molecule has 1 unspecified atom stereocenters. The summed E-state index contributed by atoms with van der Waals surface area (Å²) in [5.74, 6) is -1.30. The molecule has 5 heteroatoms. The maximum atomic E-state index is 11.9. The summed E-state index contributed by atoms with van der Waals surface area (Å²) >= 11 is 0. The molecule has 1 aliphatic heterocycles. The summed E-state index contributed by atoms with van der Waals surface area (Å²) < 4.78 is 0. The summed E-state index contributed by atoms with van der Waals surface area (Å²) in [5, 5.41) is 14.8. The lowest BCUT2D eigenvalue weighted by atomic mass is 10.1. The van der Waals surface area contributed by atoms with Crippen LogP contribution in [0.5, 0.6) is 0 Å². The molecule has 3 N–H and O–H groups in total. The minimum atomic E-state index is -1.05. The maximum Gasteiger partial charge on any atom is 0.330 e. The Labute approximate surface area is 105 Å². The van der Waals surface area contributed by atoms with E-state index < -0.39 is 12.0 Å². The molecule has 96 valence electrons. The van der Waals surface area contributed by atoms with Gasteiger partial charge < -0.3 is 15.7 Å². The van der Waals surface area contributed by atoms with Gasteiger partial charge in [0.2, 0.25) is 5.91 Å². The van der Waals surface area contributed by atoms with Crippen molar-refractivity contribution in [2.45, 2.75) is 24.9 Å². The maximum absolute atomic E-state index is 11.9. The van der Waals surface area contributed by atoms with Crippen molar-refractivity contribution in [1.29, 1.82) is 0 Å². The zero-order chi connectivity index (χ0) is 13.0. The molecule has 2 atom stereocenters. The Kier molecular flexibility index (Phi) is 3.94. The summed E-state index contributed by atoms with van der Waals surface area (Å²) in [6.45, 7) is 0.807. The third kappa shape index (κ3) is 2.87. The fourth-order valence-corrected chi connectivity index (χ4v) is 2.08. The van der Waals surface area contributed by atoms with Crippen molar-refractivity contribution >= 4 is 11.9 Å². The molecule has 1 aliphatic rings. The number of nitrogens with one attached hydrogen (secondary N) is 2. The smallest absolute Gasteiger partial charge is 0.330 e. The van der Waals surface area contributed by atoms with Crippen LogP contribution < -0.4 is 10.6 Å². The van der Waals surface area contributed by atoms with Crippen molar-refractivity contribution in [2.75, 3.05) is 6.54 Å². The van der Waals surface area contributed by atoms with Crippen molar-refractivity contribution in [3.63, 3.8) is 0 Å². The Balaban J connectivity index is 2.07. The van der Waals surface area contributed by atoms with Crippen molar-refractivity contribution in [1.82, 2.24) is 10.6 Å². The number of carboxylic acid groups (broad SMARTS) is 1. The van der Waals surface area contributed by atoms with Crippen LogP contribution in [0.3, 0.4) is 0 Å². The summed E-state index contributed by atoms with van der Waals surface area (Å²) in [5.41, 5.74) is 0.580. The molecule has 1 fully saturated rings. The Morgan fingerprint density at radius 2 is 2.06 bits per heavy atom. The van der Waals surface area contributed by atoms with E-state index in [9.17, 15) is 14.7 Å². The SMILES string of the molecule is O=C(O)C(NC(=O)[C@@H]1CCCN1)c1ccccc1. The number of amides is 1. The van der Waals surface area contributed by atoms with Gasteiger partial charge in [-0.1, -0.05) is 30.3 Å². The van der Waals surface area contributed by atoms with Crippen LogP contribution in [0.1, 0.15) is 24.4 Å². The van der Waals surface area contributed by atoms with E-state index in [1.807, 2.05) is 6.07 Å². The Morgan fingerprint density at radius 1 is 1.33 bits per heavy atom. The second kappa shape index (κ2) is 5.64. The molecule has 18 heavy (non-hydrogen) atoms. The topological polar surface area (TPSA) is 78.4 Å². The molecule has 0 aromatic heterocycles. The highest BCUT2D eigenvalue weighted by molar-refractivity contribution is 5.87. The van der Waals surface area contributed by atoms with Gasteiger partial charge in [0.05, 0.1) is 6.04 Å². The van der Waals surface area contributed by atoms with E-state index in [4.69, 9.17) is 0 Å². The van der Waals surface area contributed by atoms with Gasteiger partial charge in [0.15, 0.2) is 6.04 Å². The van der Waals surface area contributed by atoms with Gasteiger partial charge in [-0.15, -0.1) is 0 Å². The average molecular weight is 248 g/mol. The molecule has 5 nitrogen and oxygen atoms in total. The molecule has 0 saturated carbocycles. The second-order valence-corrected chi connectivity index (χ2v) is 4.34. The van der Waals surface area contributed by atoms with Crippen LogP contribution in [0.15, 0.2) is 30.3 Å². The quantitative estimate of drug-likeness (QED) is 0.732. The molecule has 0 spiro atoms. The number of carbonyl (C=O) groups excluding carboxylic acids is 1. The van der Waals surface area contributed by atoms with Gasteiger partial charge in [0.25, 0.3) is 0 Å². The number of benzene rings is 1. The van der Waals surface area contributed by atoms with Gasteiger partial charge >= 0.3 is 5.97 Å². The number of aliphatic carboxylic acids is 1. The fraction of sp³-hybridized carbons (Fsp3) is 0.385. The number of hydrogen-bond donors (Lipinski definition) is 3. The van der Waals surface area contributed by atoms with E-state index in [2.05, 4.69) is 10.6 Å². The minimum Gasteiger partial charge on any atom is -0.479 e. The lowest BCUT2D eigenvalue weighted by molar-refractivity contribution is -0.142. The van der Waals surface area contributed by atoms with E-state index in [1.165, 1.54) is 0 Å². The summed E-state index contributed by atoms with van der Waals surface area (Å²) in [7, 11) is 0. The zero-order valence-electron chi connectivity index (χ0n) is 9.93. The zero-order valence-corrected chi connectivity index (χ0v) is 9.93. The van der Waals surface area contributed by atoms with Gasteiger partial charge in [0, 0.05) is 0 Å². The third-order valence-corrected chi connectivity index (χ3v) is 3.04. The van der Waals surface area contributed by atoms with E-state index in [0.29, 0.717) is 5.56 Å². The first-order valence-electron chi connectivity index (χ1n) is 6.00. The van der Waals surface area contributed by atoms with E-state index in [-0.39, 0.29) is 11.9 Å². The van der Waals surface area contributed by atoms with Crippen molar-refractivity contribution in [2.24, 2.45) is 0 Å². The standard InChI is InChI=1S/C13H16N2O3/c16-12(10-7-4-8-14-10)15-11(13(17)18)9-5-2-1-3-6-9/h1-3,5-6,10-11,14H,4,7-8H2,(H,15,16)(H,17,18)/t10-,11?/m0/s1. The third-order valence-electron chi connectivity index (χ3n) is 3.04. The Morgan fingerprint density at radius 3 is 2.61 bits per heavy atom. The van der Waals surface area contributed by atoms with Crippen LogP contribution in [-0.2, 0) is 9.59 Å². The normalized spacial score (nSPS) is 20.3. The first-order chi connectivity index (χ1) is 8.68. The van der Waals surface area contributed by atoms with Crippen LogP contribution >= 0.6 is 0 Å². The molecule has 1 aromatic rings. The highest BCUT2D eigenvalue weighted by Gasteiger charge is 2.27. The summed E-state index contributed by atoms with van der Waals surface area (Å²) in [6, 6.07) is 7.46. The fourth-order valence-electron chi connectivity index (χ4n) is 2.08. The Bertz CT molecular complexity index is 427. The monoisotopic (exact) mass is 248 g/mol. The van der Waals surface area contributed by atoms with E-state index in [1.54, 1.807) is 24.3 Å². The highest BCUT2D eigenvalue weighted by Crippen LogP contribution is 2.14. The van der Waals surface area contributed by atoms with Crippen LogP contribution in [-0.4, -0.2) is 29.6 Å². The van der Waals surface area contributed by atoms with E-state index >= 15 is 0 Å². The molecule has 1 saturated heterocycles. The van der Waals surface area contributed by atoms with Gasteiger partial charge in [-0.25, -0.2) is 4.79 Å². The minimum absolute atomic E-state index is 0.247. The van der Waals surface area contributed by atoms with Crippen LogP contribution in [0.25, 0.3) is 0 Å². The molecular formula is C13H16N2O3. The predicted octanol–water partition coefficient (Wildman–Crippen LogP) is 0.680. The van der Waals surface area contributed by atoms with Crippen LogP contribution in [0, 0.1) is 0 Å². The molecule has 0 bridgehead atoms. The van der Waals surface area contributed by atoms with Gasteiger partial charge in [-0.2, -0.15) is 0 Å². The van der Waals surface area contributed by atoms with Crippen molar-refractivity contribution in [3.8, 4) is 0 Å². The molecule has 0 radical (unpaired) electrons. The molecule has 1 heterocycles. The second-order valence-electron chi connectivity index (χ2n) is 4.34. The average Bonchev–Trinajstić information content (AvgIpc) is 2.90. The molecule has 1 aromatic carbocycles. The molecular weight excluding hydrogens is 232 g/mol. The number of hydrogen-bond acceptors (Lipinski definition) is 3. The predicted molar refractivity (Wildman–Crippen MR) is 66.0 cm³/mol.